The van der Waals surface area contributed by atoms with E-state index < -0.39 is 5.97 Å². The molecule has 0 radical (unpaired) electrons. The van der Waals surface area contributed by atoms with Gasteiger partial charge in [0.1, 0.15) is 11.4 Å². The molecular formula is C24H27N2O3-. The third-order valence-corrected chi connectivity index (χ3v) is 5.85. The number of hydrogen-bond acceptors (Lipinski definition) is 5. The summed E-state index contributed by atoms with van der Waals surface area (Å²) >= 11 is 0. The lowest BCUT2D eigenvalue weighted by Crippen LogP contribution is -2.31. The summed E-state index contributed by atoms with van der Waals surface area (Å²) in [4.78, 5) is 19.2. The molecule has 152 valence electrons. The van der Waals surface area contributed by atoms with Crippen LogP contribution in [0.25, 0.3) is 0 Å². The predicted octanol–water partition coefficient (Wildman–Crippen LogP) is 3.18. The number of aromatic nitrogens is 2. The predicted molar refractivity (Wildman–Crippen MR) is 109 cm³/mol. The maximum absolute atomic E-state index is 10.4. The van der Waals surface area contributed by atoms with Crippen molar-refractivity contribution >= 4 is 5.97 Å². The number of aryl methyl sites for hydroxylation is 1. The van der Waals surface area contributed by atoms with E-state index in [4.69, 9.17) is 4.74 Å². The Labute approximate surface area is 172 Å². The van der Waals surface area contributed by atoms with Gasteiger partial charge in [0, 0.05) is 28.7 Å². The SMILES string of the molecule is CCC1(CC)CCOc2ccc(C#Cc3cnc(CCCCC(=O)[O-])cn3)cc21. The van der Waals surface area contributed by atoms with E-state index in [9.17, 15) is 9.90 Å². The number of unbranched alkanes of at least 4 members (excludes halogenated alkanes) is 1. The minimum Gasteiger partial charge on any atom is -0.550 e. The molecular weight excluding hydrogens is 364 g/mol. The van der Waals surface area contributed by atoms with Crippen LogP contribution in [0.3, 0.4) is 0 Å². The summed E-state index contributed by atoms with van der Waals surface area (Å²) in [5.74, 6) is 6.26. The zero-order valence-corrected chi connectivity index (χ0v) is 17.2. The van der Waals surface area contributed by atoms with Crippen LogP contribution in [0.1, 0.15) is 74.9 Å². The molecule has 1 aliphatic rings. The molecule has 0 saturated carbocycles. The molecule has 0 aliphatic carbocycles. The first-order chi connectivity index (χ1) is 14.1. The Kier molecular flexibility index (Phi) is 6.87. The fraction of sp³-hybridized carbons (Fsp3) is 0.458. The fourth-order valence-corrected chi connectivity index (χ4v) is 3.88. The number of carbonyl (C=O) groups excluding carboxylic acids is 1. The summed E-state index contributed by atoms with van der Waals surface area (Å²) in [5, 5.41) is 10.4. The van der Waals surface area contributed by atoms with Gasteiger partial charge in [-0.05, 0) is 69.1 Å². The average Bonchev–Trinajstić information content (AvgIpc) is 2.75. The topological polar surface area (TPSA) is 75.1 Å². The average molecular weight is 391 g/mol. The van der Waals surface area contributed by atoms with E-state index in [0.717, 1.165) is 49.3 Å². The molecule has 1 aliphatic heterocycles. The Hall–Kier alpha value is -2.87. The number of rotatable bonds is 7. The second-order valence-electron chi connectivity index (χ2n) is 7.52. The van der Waals surface area contributed by atoms with Crippen LogP contribution in [0.4, 0.5) is 0 Å². The van der Waals surface area contributed by atoms with Gasteiger partial charge in [-0.15, -0.1) is 0 Å². The highest BCUT2D eigenvalue weighted by Gasteiger charge is 2.34. The number of carboxylic acid groups (broad SMARTS) is 1. The van der Waals surface area contributed by atoms with Gasteiger partial charge in [-0.25, -0.2) is 4.98 Å². The summed E-state index contributed by atoms with van der Waals surface area (Å²) in [6, 6.07) is 6.18. The molecule has 1 aromatic heterocycles. The van der Waals surface area contributed by atoms with Crippen LogP contribution in [-0.4, -0.2) is 22.5 Å². The Morgan fingerprint density at radius 1 is 1.17 bits per heavy atom. The van der Waals surface area contributed by atoms with Gasteiger partial charge in [0.2, 0.25) is 0 Å². The van der Waals surface area contributed by atoms with Crippen molar-refractivity contribution in [2.24, 2.45) is 0 Å². The molecule has 1 aromatic carbocycles. The number of ether oxygens (including phenoxy) is 1. The first-order valence-electron chi connectivity index (χ1n) is 10.4. The minimum atomic E-state index is -1.01. The van der Waals surface area contributed by atoms with Crippen molar-refractivity contribution in [1.82, 2.24) is 9.97 Å². The summed E-state index contributed by atoms with van der Waals surface area (Å²) < 4.78 is 5.86. The molecule has 0 spiro atoms. The van der Waals surface area contributed by atoms with Crippen molar-refractivity contribution in [1.29, 1.82) is 0 Å². The lowest BCUT2D eigenvalue weighted by Gasteiger charge is -2.37. The van der Waals surface area contributed by atoms with Crippen LogP contribution in [0, 0.1) is 11.8 Å². The number of benzene rings is 1. The van der Waals surface area contributed by atoms with Gasteiger partial charge >= 0.3 is 0 Å². The van der Waals surface area contributed by atoms with E-state index in [1.54, 1.807) is 12.4 Å². The molecule has 2 aromatic rings. The standard InChI is InChI=1S/C24H28N2O3/c1-3-24(4-2)13-14-29-22-12-10-18(15-21(22)24)9-11-20-17-25-19(16-26-20)7-5-6-8-23(27)28/h10,12,15-17H,3-8,13-14H2,1-2H3,(H,27,28)/p-1. The molecule has 5 heteroatoms. The Bertz CT molecular complexity index is 906. The van der Waals surface area contributed by atoms with E-state index in [2.05, 4.69) is 41.7 Å². The molecule has 0 unspecified atom stereocenters. The Morgan fingerprint density at radius 3 is 2.69 bits per heavy atom. The number of carboxylic acids is 1. The van der Waals surface area contributed by atoms with Gasteiger partial charge in [0.15, 0.2) is 0 Å². The smallest absolute Gasteiger partial charge is 0.131 e. The monoisotopic (exact) mass is 391 g/mol. The van der Waals surface area contributed by atoms with E-state index >= 15 is 0 Å². The highest BCUT2D eigenvalue weighted by molar-refractivity contribution is 5.64. The van der Waals surface area contributed by atoms with Crippen LogP contribution in [-0.2, 0) is 16.6 Å². The van der Waals surface area contributed by atoms with Crippen LogP contribution in [0.15, 0.2) is 30.6 Å². The zero-order valence-electron chi connectivity index (χ0n) is 17.2. The summed E-state index contributed by atoms with van der Waals surface area (Å²) in [5.41, 5.74) is 3.85. The van der Waals surface area contributed by atoms with Crippen molar-refractivity contribution < 1.29 is 14.6 Å². The number of hydrogen-bond donors (Lipinski definition) is 0. The molecule has 29 heavy (non-hydrogen) atoms. The summed E-state index contributed by atoms with van der Waals surface area (Å²) in [7, 11) is 0. The normalized spacial score (nSPS) is 14.3. The van der Waals surface area contributed by atoms with Crippen LogP contribution >= 0.6 is 0 Å². The van der Waals surface area contributed by atoms with Crippen molar-refractivity contribution in [2.75, 3.05) is 6.61 Å². The van der Waals surface area contributed by atoms with E-state index in [0.29, 0.717) is 18.5 Å². The van der Waals surface area contributed by atoms with Crippen molar-refractivity contribution in [3.63, 3.8) is 0 Å². The lowest BCUT2D eigenvalue weighted by atomic mass is 9.71. The van der Waals surface area contributed by atoms with Gasteiger partial charge in [-0.2, -0.15) is 0 Å². The van der Waals surface area contributed by atoms with Crippen molar-refractivity contribution in [3.8, 4) is 17.6 Å². The molecule has 5 nitrogen and oxygen atoms in total. The van der Waals surface area contributed by atoms with Gasteiger partial charge < -0.3 is 14.6 Å². The molecule has 0 amide bonds. The number of carbonyl (C=O) groups is 1. The fourth-order valence-electron chi connectivity index (χ4n) is 3.88. The molecule has 0 bridgehead atoms. The Balaban J connectivity index is 1.69. The Morgan fingerprint density at radius 2 is 2.00 bits per heavy atom. The first kappa shape index (κ1) is 20.9. The molecule has 0 atom stereocenters. The molecule has 3 rings (SSSR count). The second-order valence-corrected chi connectivity index (χ2v) is 7.52. The van der Waals surface area contributed by atoms with Gasteiger partial charge in [-0.1, -0.05) is 19.8 Å². The van der Waals surface area contributed by atoms with Crippen LogP contribution < -0.4 is 9.84 Å². The molecule has 2 heterocycles. The zero-order chi connectivity index (χ0) is 20.7. The maximum atomic E-state index is 10.4. The van der Waals surface area contributed by atoms with E-state index in [1.807, 2.05) is 12.1 Å². The van der Waals surface area contributed by atoms with Gasteiger partial charge in [0.05, 0.1) is 18.5 Å². The highest BCUT2D eigenvalue weighted by atomic mass is 16.5. The second kappa shape index (κ2) is 9.56. The molecule has 0 saturated heterocycles. The summed E-state index contributed by atoms with van der Waals surface area (Å²) in [6.07, 6.45) is 8.73. The van der Waals surface area contributed by atoms with E-state index in [-0.39, 0.29) is 11.8 Å². The lowest BCUT2D eigenvalue weighted by molar-refractivity contribution is -0.305. The molecule has 0 N–H and O–H groups in total. The largest absolute Gasteiger partial charge is 0.550 e. The van der Waals surface area contributed by atoms with Crippen LogP contribution in [0.5, 0.6) is 5.75 Å². The van der Waals surface area contributed by atoms with E-state index in [1.165, 1.54) is 5.56 Å². The highest BCUT2D eigenvalue weighted by Crippen LogP contribution is 2.43. The molecule has 0 fully saturated rings. The maximum Gasteiger partial charge on any atom is 0.131 e. The third kappa shape index (κ3) is 5.14. The van der Waals surface area contributed by atoms with Crippen molar-refractivity contribution in [3.05, 3.63) is 53.1 Å². The van der Waals surface area contributed by atoms with Gasteiger partial charge in [0.25, 0.3) is 0 Å². The quantitative estimate of drug-likeness (QED) is 0.535. The first-order valence-corrected chi connectivity index (χ1v) is 10.4. The third-order valence-electron chi connectivity index (χ3n) is 5.85. The number of aliphatic carboxylic acids is 1. The van der Waals surface area contributed by atoms with Crippen molar-refractivity contribution in [2.45, 2.75) is 64.2 Å². The minimum absolute atomic E-state index is 0.0835. The number of nitrogens with zero attached hydrogens (tertiary/aromatic N) is 2. The summed E-state index contributed by atoms with van der Waals surface area (Å²) in [6.45, 7) is 5.26. The number of fused-ring (bicyclic) bond motifs is 1. The van der Waals surface area contributed by atoms with Crippen LogP contribution in [0.2, 0.25) is 0 Å². The van der Waals surface area contributed by atoms with Gasteiger partial charge in [-0.3, -0.25) is 4.98 Å².